The van der Waals surface area contributed by atoms with E-state index in [-0.39, 0.29) is 5.91 Å². The molecule has 1 aromatic carbocycles. The normalized spacial score (nSPS) is 17.8. The number of nitrogens with one attached hydrogen (secondary N) is 1. The Kier molecular flexibility index (Phi) is 7.10. The molecule has 3 heterocycles. The van der Waals surface area contributed by atoms with Gasteiger partial charge in [-0.25, -0.2) is 4.98 Å². The van der Waals surface area contributed by atoms with Crippen LogP contribution in [0.5, 0.6) is 0 Å². The molecule has 4 rings (SSSR count). The number of aromatic nitrogens is 1. The standard InChI is InChI=1S/C23H28N6O2/c24-16-20-2-1-7-25-23(20)29-10-8-27(9-11-29)18-22(30)26-21-5-3-19(4-6-21)17-28-12-14-31-15-13-28/h1-7H,8-15,17-18H2,(H,26,30). The predicted octanol–water partition coefficient (Wildman–Crippen LogP) is 1.55. The van der Waals surface area contributed by atoms with Gasteiger partial charge in [-0.1, -0.05) is 12.1 Å². The fraction of sp³-hybridized carbons (Fsp3) is 0.435. The molecule has 162 valence electrons. The zero-order valence-electron chi connectivity index (χ0n) is 17.7. The fourth-order valence-electron chi connectivity index (χ4n) is 3.97. The molecule has 2 aliphatic heterocycles. The Bertz CT molecular complexity index is 912. The van der Waals surface area contributed by atoms with Gasteiger partial charge in [-0.05, 0) is 29.8 Å². The fourth-order valence-corrected chi connectivity index (χ4v) is 3.97. The number of ether oxygens (including phenoxy) is 1. The number of nitriles is 1. The van der Waals surface area contributed by atoms with Crippen molar-refractivity contribution in [3.63, 3.8) is 0 Å². The Hall–Kier alpha value is -2.99. The highest BCUT2D eigenvalue weighted by atomic mass is 16.5. The first-order valence-corrected chi connectivity index (χ1v) is 10.7. The predicted molar refractivity (Wildman–Crippen MR) is 119 cm³/mol. The first-order chi connectivity index (χ1) is 15.2. The first-order valence-electron chi connectivity index (χ1n) is 10.7. The largest absolute Gasteiger partial charge is 0.379 e. The lowest BCUT2D eigenvalue weighted by molar-refractivity contribution is -0.117. The van der Waals surface area contributed by atoms with Crippen LogP contribution in [0.25, 0.3) is 0 Å². The Morgan fingerprint density at radius 2 is 1.77 bits per heavy atom. The van der Waals surface area contributed by atoms with E-state index in [0.29, 0.717) is 12.1 Å². The molecule has 0 saturated carbocycles. The molecule has 1 N–H and O–H groups in total. The molecule has 2 fully saturated rings. The van der Waals surface area contributed by atoms with Gasteiger partial charge in [0.15, 0.2) is 0 Å². The molecule has 1 amide bonds. The maximum absolute atomic E-state index is 12.5. The SMILES string of the molecule is N#Cc1cccnc1N1CCN(CC(=O)Nc2ccc(CN3CCOCC3)cc2)CC1. The van der Waals surface area contributed by atoms with E-state index in [1.807, 2.05) is 12.1 Å². The summed E-state index contributed by atoms with van der Waals surface area (Å²) in [6.07, 6.45) is 1.71. The van der Waals surface area contributed by atoms with Crippen molar-refractivity contribution < 1.29 is 9.53 Å². The molecule has 1 aromatic heterocycles. The number of morpholine rings is 1. The molecule has 0 spiro atoms. The van der Waals surface area contributed by atoms with Crippen molar-refractivity contribution in [3.8, 4) is 6.07 Å². The van der Waals surface area contributed by atoms with Crippen LogP contribution < -0.4 is 10.2 Å². The number of carbonyl (C=O) groups is 1. The van der Waals surface area contributed by atoms with Gasteiger partial charge < -0.3 is 15.0 Å². The first kappa shape index (κ1) is 21.2. The van der Waals surface area contributed by atoms with E-state index in [4.69, 9.17) is 4.74 Å². The molecule has 0 unspecified atom stereocenters. The van der Waals surface area contributed by atoms with Gasteiger partial charge in [0.25, 0.3) is 0 Å². The van der Waals surface area contributed by atoms with Crippen molar-refractivity contribution in [2.24, 2.45) is 0 Å². The van der Waals surface area contributed by atoms with Crippen LogP contribution in [0.2, 0.25) is 0 Å². The van der Waals surface area contributed by atoms with Crippen LogP contribution in [0.15, 0.2) is 42.6 Å². The van der Waals surface area contributed by atoms with Gasteiger partial charge in [-0.2, -0.15) is 5.26 Å². The Morgan fingerprint density at radius 1 is 1.03 bits per heavy atom. The van der Waals surface area contributed by atoms with Crippen molar-refractivity contribution in [1.82, 2.24) is 14.8 Å². The second-order valence-electron chi connectivity index (χ2n) is 7.88. The summed E-state index contributed by atoms with van der Waals surface area (Å²) in [5, 5.41) is 12.3. The number of pyridine rings is 1. The minimum Gasteiger partial charge on any atom is -0.379 e. The van der Waals surface area contributed by atoms with Gasteiger partial charge in [0.2, 0.25) is 5.91 Å². The third-order valence-electron chi connectivity index (χ3n) is 5.69. The van der Waals surface area contributed by atoms with Gasteiger partial charge in [0.05, 0.1) is 25.3 Å². The maximum atomic E-state index is 12.5. The lowest BCUT2D eigenvalue weighted by atomic mass is 10.2. The number of amides is 1. The van der Waals surface area contributed by atoms with Crippen LogP contribution in [0, 0.1) is 11.3 Å². The third-order valence-corrected chi connectivity index (χ3v) is 5.69. The number of hydrogen-bond donors (Lipinski definition) is 1. The second-order valence-corrected chi connectivity index (χ2v) is 7.88. The molecule has 2 aliphatic rings. The smallest absolute Gasteiger partial charge is 0.238 e. The number of rotatable bonds is 6. The van der Waals surface area contributed by atoms with Crippen molar-refractivity contribution in [1.29, 1.82) is 5.26 Å². The molecule has 2 aromatic rings. The third kappa shape index (κ3) is 5.79. The minimum atomic E-state index is -0.00932. The Labute approximate surface area is 183 Å². The zero-order valence-corrected chi connectivity index (χ0v) is 17.7. The van der Waals surface area contributed by atoms with Gasteiger partial charge in [0, 0.05) is 57.7 Å². The summed E-state index contributed by atoms with van der Waals surface area (Å²) in [5.41, 5.74) is 2.65. The van der Waals surface area contributed by atoms with E-state index >= 15 is 0 Å². The van der Waals surface area contributed by atoms with Crippen LogP contribution >= 0.6 is 0 Å². The molecule has 0 atom stereocenters. The summed E-state index contributed by atoms with van der Waals surface area (Å²) in [7, 11) is 0. The number of carbonyl (C=O) groups excluding carboxylic acids is 1. The number of nitrogens with zero attached hydrogens (tertiary/aromatic N) is 5. The van der Waals surface area contributed by atoms with Crippen LogP contribution in [0.3, 0.4) is 0 Å². The summed E-state index contributed by atoms with van der Waals surface area (Å²) in [6.45, 7) is 7.79. The lowest BCUT2D eigenvalue weighted by Crippen LogP contribution is -2.49. The lowest BCUT2D eigenvalue weighted by Gasteiger charge is -2.35. The van der Waals surface area contributed by atoms with Gasteiger partial charge >= 0.3 is 0 Å². The highest BCUT2D eigenvalue weighted by molar-refractivity contribution is 5.92. The molecule has 8 nitrogen and oxygen atoms in total. The molecule has 0 aliphatic carbocycles. The van der Waals surface area contributed by atoms with Crippen molar-refractivity contribution in [2.45, 2.75) is 6.54 Å². The van der Waals surface area contributed by atoms with E-state index in [1.54, 1.807) is 18.3 Å². The second kappa shape index (κ2) is 10.4. The van der Waals surface area contributed by atoms with E-state index in [2.05, 4.69) is 43.2 Å². The zero-order chi connectivity index (χ0) is 21.5. The molecule has 8 heteroatoms. The topological polar surface area (TPSA) is 84.7 Å². The summed E-state index contributed by atoms with van der Waals surface area (Å²) in [6, 6.07) is 13.8. The highest BCUT2D eigenvalue weighted by Gasteiger charge is 2.21. The van der Waals surface area contributed by atoms with E-state index in [0.717, 1.165) is 70.5 Å². The van der Waals surface area contributed by atoms with Gasteiger partial charge in [0.1, 0.15) is 11.9 Å². The number of piperazine rings is 1. The molecular weight excluding hydrogens is 392 g/mol. The number of anilines is 2. The molecule has 31 heavy (non-hydrogen) atoms. The van der Waals surface area contributed by atoms with Crippen LogP contribution in [0.4, 0.5) is 11.5 Å². The van der Waals surface area contributed by atoms with Crippen molar-refractivity contribution in [2.75, 3.05) is 69.2 Å². The number of hydrogen-bond acceptors (Lipinski definition) is 7. The molecule has 0 bridgehead atoms. The molecule has 0 radical (unpaired) electrons. The average Bonchev–Trinajstić information content (AvgIpc) is 2.81. The van der Waals surface area contributed by atoms with Crippen LogP contribution in [0.1, 0.15) is 11.1 Å². The summed E-state index contributed by atoms with van der Waals surface area (Å²) >= 11 is 0. The van der Waals surface area contributed by atoms with Crippen LogP contribution in [-0.2, 0) is 16.1 Å². The summed E-state index contributed by atoms with van der Waals surface area (Å²) in [5.74, 6) is 0.719. The van der Waals surface area contributed by atoms with Gasteiger partial charge in [-0.15, -0.1) is 0 Å². The maximum Gasteiger partial charge on any atom is 0.238 e. The average molecular weight is 421 g/mol. The van der Waals surface area contributed by atoms with Crippen LogP contribution in [-0.4, -0.2) is 79.7 Å². The van der Waals surface area contributed by atoms with E-state index < -0.39 is 0 Å². The van der Waals surface area contributed by atoms with E-state index in [1.165, 1.54) is 5.56 Å². The monoisotopic (exact) mass is 420 g/mol. The van der Waals surface area contributed by atoms with Crippen molar-refractivity contribution in [3.05, 3.63) is 53.7 Å². The Morgan fingerprint density at radius 3 is 2.48 bits per heavy atom. The van der Waals surface area contributed by atoms with Gasteiger partial charge in [-0.3, -0.25) is 14.6 Å². The quantitative estimate of drug-likeness (QED) is 0.759. The van der Waals surface area contributed by atoms with Crippen molar-refractivity contribution >= 4 is 17.4 Å². The Balaban J connectivity index is 1.23. The molecular formula is C23H28N6O2. The highest BCUT2D eigenvalue weighted by Crippen LogP contribution is 2.18. The number of benzene rings is 1. The minimum absolute atomic E-state index is 0.00932. The summed E-state index contributed by atoms with van der Waals surface area (Å²) in [4.78, 5) is 23.5. The molecule has 2 saturated heterocycles. The van der Waals surface area contributed by atoms with E-state index in [9.17, 15) is 10.1 Å². The summed E-state index contributed by atoms with van der Waals surface area (Å²) < 4.78 is 5.39.